The fourth-order valence-electron chi connectivity index (χ4n) is 1.56. The Morgan fingerprint density at radius 3 is 2.29 bits per heavy atom. The summed E-state index contributed by atoms with van der Waals surface area (Å²) >= 11 is 0. The Bertz CT molecular complexity index is 301. The number of halogens is 1. The molecule has 0 saturated heterocycles. The van der Waals surface area contributed by atoms with Gasteiger partial charge in [-0.15, -0.1) is 0 Å². The van der Waals surface area contributed by atoms with Gasteiger partial charge in [-0.05, 0) is 11.5 Å². The maximum absolute atomic E-state index is 12.9. The number of hydrogen-bond acceptors (Lipinski definition) is 1. The van der Waals surface area contributed by atoms with Crippen molar-refractivity contribution < 1.29 is 9.50 Å². The van der Waals surface area contributed by atoms with Gasteiger partial charge in [0.25, 0.3) is 0 Å². The van der Waals surface area contributed by atoms with Crippen LogP contribution in [-0.2, 0) is 0 Å². The average molecular weight is 196 g/mol. The number of phenols is 1. The second kappa shape index (κ2) is 3.99. The summed E-state index contributed by atoms with van der Waals surface area (Å²) in [5.41, 5.74) is 0.524. The molecule has 0 aliphatic rings. The number of alkyl halides is 1. The minimum Gasteiger partial charge on any atom is -0.508 e. The Balaban J connectivity index is 3.08. The summed E-state index contributed by atoms with van der Waals surface area (Å²) < 4.78 is 12.9. The highest BCUT2D eigenvalue weighted by Crippen LogP contribution is 2.38. The van der Waals surface area contributed by atoms with Crippen molar-refractivity contribution >= 4 is 0 Å². The van der Waals surface area contributed by atoms with Crippen molar-refractivity contribution in [1.29, 1.82) is 0 Å². The number of aromatic hydroxyl groups is 1. The highest BCUT2D eigenvalue weighted by atomic mass is 19.1. The van der Waals surface area contributed by atoms with Gasteiger partial charge in [0.15, 0.2) is 0 Å². The van der Waals surface area contributed by atoms with Crippen LogP contribution >= 0.6 is 0 Å². The normalized spacial score (nSPS) is 14.0. The minimum atomic E-state index is -0.443. The van der Waals surface area contributed by atoms with Gasteiger partial charge < -0.3 is 5.11 Å². The molecule has 0 aromatic heterocycles. The van der Waals surface area contributed by atoms with E-state index in [0.29, 0.717) is 5.56 Å². The number of rotatable bonds is 2. The summed E-state index contributed by atoms with van der Waals surface area (Å²) in [6.07, 6.45) is 0. The molecule has 1 rings (SSSR count). The Morgan fingerprint density at radius 2 is 1.86 bits per heavy atom. The fraction of sp³-hybridized carbons (Fsp3) is 0.500. The molecule has 0 heterocycles. The monoisotopic (exact) mass is 196 g/mol. The van der Waals surface area contributed by atoms with Gasteiger partial charge in [0, 0.05) is 11.5 Å². The Kier molecular flexibility index (Phi) is 3.14. The van der Waals surface area contributed by atoms with E-state index in [2.05, 4.69) is 0 Å². The van der Waals surface area contributed by atoms with Crippen molar-refractivity contribution in [3.05, 3.63) is 29.8 Å². The van der Waals surface area contributed by atoms with Crippen LogP contribution in [0.15, 0.2) is 24.3 Å². The molecule has 2 heteroatoms. The lowest BCUT2D eigenvalue weighted by molar-refractivity contribution is 0.257. The van der Waals surface area contributed by atoms with Gasteiger partial charge in [0.05, 0.1) is 6.67 Å². The topological polar surface area (TPSA) is 20.2 Å². The van der Waals surface area contributed by atoms with E-state index in [0.717, 1.165) is 0 Å². The summed E-state index contributed by atoms with van der Waals surface area (Å²) in [6, 6.07) is 6.95. The molecular formula is C12H17FO. The van der Waals surface area contributed by atoms with Crippen molar-refractivity contribution in [2.45, 2.75) is 26.7 Å². The van der Waals surface area contributed by atoms with E-state index in [-0.39, 0.29) is 17.1 Å². The quantitative estimate of drug-likeness (QED) is 0.767. The summed E-state index contributed by atoms with van der Waals surface area (Å²) in [5, 5.41) is 9.61. The molecule has 0 bridgehead atoms. The predicted molar refractivity (Wildman–Crippen MR) is 56.3 cm³/mol. The molecule has 1 N–H and O–H groups in total. The molecule has 0 fully saturated rings. The van der Waals surface area contributed by atoms with Crippen molar-refractivity contribution in [3.63, 3.8) is 0 Å². The molecule has 1 nitrogen and oxygen atoms in total. The number of para-hydroxylation sites is 1. The zero-order chi connectivity index (χ0) is 10.8. The van der Waals surface area contributed by atoms with E-state index < -0.39 is 6.67 Å². The summed E-state index contributed by atoms with van der Waals surface area (Å²) in [6.45, 7) is 5.48. The molecule has 78 valence electrons. The molecule has 14 heavy (non-hydrogen) atoms. The molecule has 0 aliphatic carbocycles. The van der Waals surface area contributed by atoms with E-state index in [1.54, 1.807) is 18.2 Å². The fourth-order valence-corrected chi connectivity index (χ4v) is 1.56. The lowest BCUT2D eigenvalue weighted by Crippen LogP contribution is -2.20. The first-order valence-electron chi connectivity index (χ1n) is 4.80. The summed E-state index contributed by atoms with van der Waals surface area (Å²) in [5.74, 6) is -0.0613. The van der Waals surface area contributed by atoms with Crippen LogP contribution in [0, 0.1) is 5.41 Å². The Labute approximate surface area is 84.6 Å². The van der Waals surface area contributed by atoms with Crippen molar-refractivity contribution in [1.82, 2.24) is 0 Å². The first-order chi connectivity index (χ1) is 6.46. The first kappa shape index (κ1) is 11.0. The van der Waals surface area contributed by atoms with Gasteiger partial charge >= 0.3 is 0 Å². The smallest absolute Gasteiger partial charge is 0.119 e. The molecule has 0 spiro atoms. The predicted octanol–water partition coefficient (Wildman–Crippen LogP) is 3.49. The SMILES string of the molecule is CC(C)(C)C(CF)c1ccccc1O. The van der Waals surface area contributed by atoms with Crippen LogP contribution in [0.5, 0.6) is 5.75 Å². The summed E-state index contributed by atoms with van der Waals surface area (Å²) in [4.78, 5) is 0. The van der Waals surface area contributed by atoms with Gasteiger partial charge in [-0.1, -0.05) is 39.0 Å². The second-order valence-corrected chi connectivity index (χ2v) is 4.63. The molecule has 0 saturated carbocycles. The van der Waals surface area contributed by atoms with Gasteiger partial charge in [0.2, 0.25) is 0 Å². The Hall–Kier alpha value is -1.05. The van der Waals surface area contributed by atoms with E-state index >= 15 is 0 Å². The lowest BCUT2D eigenvalue weighted by atomic mass is 9.77. The zero-order valence-corrected chi connectivity index (χ0v) is 8.92. The van der Waals surface area contributed by atoms with Crippen LogP contribution in [0.2, 0.25) is 0 Å². The number of phenolic OH excluding ortho intramolecular Hbond substituents is 1. The van der Waals surface area contributed by atoms with Gasteiger partial charge in [-0.3, -0.25) is 4.39 Å². The van der Waals surface area contributed by atoms with Crippen molar-refractivity contribution in [2.24, 2.45) is 5.41 Å². The highest BCUT2D eigenvalue weighted by Gasteiger charge is 2.27. The number of benzene rings is 1. The van der Waals surface area contributed by atoms with Gasteiger partial charge in [0.1, 0.15) is 5.75 Å². The maximum atomic E-state index is 12.9. The third-order valence-electron chi connectivity index (χ3n) is 2.51. The molecule has 0 radical (unpaired) electrons. The zero-order valence-electron chi connectivity index (χ0n) is 8.92. The number of hydrogen-bond donors (Lipinski definition) is 1. The molecular weight excluding hydrogens is 179 g/mol. The summed E-state index contributed by atoms with van der Waals surface area (Å²) in [7, 11) is 0. The van der Waals surface area contributed by atoms with E-state index in [1.807, 2.05) is 26.8 Å². The standard InChI is InChI=1S/C12H17FO/c1-12(2,3)10(8-13)9-6-4-5-7-11(9)14/h4-7,10,14H,8H2,1-3H3. The third-order valence-corrected chi connectivity index (χ3v) is 2.51. The van der Waals surface area contributed by atoms with Gasteiger partial charge in [-0.25, -0.2) is 0 Å². The van der Waals surface area contributed by atoms with Crippen LogP contribution in [0.3, 0.4) is 0 Å². The van der Waals surface area contributed by atoms with Crippen LogP contribution in [-0.4, -0.2) is 11.8 Å². The van der Waals surface area contributed by atoms with Crippen LogP contribution < -0.4 is 0 Å². The molecule has 1 aromatic rings. The second-order valence-electron chi connectivity index (χ2n) is 4.63. The minimum absolute atomic E-state index is 0.173. The first-order valence-corrected chi connectivity index (χ1v) is 4.80. The van der Waals surface area contributed by atoms with Crippen LogP contribution in [0.1, 0.15) is 32.3 Å². The van der Waals surface area contributed by atoms with E-state index in [4.69, 9.17) is 0 Å². The average Bonchev–Trinajstić information content (AvgIpc) is 2.07. The molecule has 1 atom stereocenters. The molecule has 1 aromatic carbocycles. The van der Waals surface area contributed by atoms with Crippen LogP contribution in [0.4, 0.5) is 4.39 Å². The lowest BCUT2D eigenvalue weighted by Gasteiger charge is -2.29. The van der Waals surface area contributed by atoms with Crippen molar-refractivity contribution in [3.8, 4) is 5.75 Å². The Morgan fingerprint density at radius 1 is 1.29 bits per heavy atom. The van der Waals surface area contributed by atoms with E-state index in [9.17, 15) is 9.50 Å². The molecule has 0 aliphatic heterocycles. The van der Waals surface area contributed by atoms with Crippen LogP contribution in [0.25, 0.3) is 0 Å². The largest absolute Gasteiger partial charge is 0.508 e. The maximum Gasteiger partial charge on any atom is 0.119 e. The molecule has 0 amide bonds. The van der Waals surface area contributed by atoms with E-state index in [1.165, 1.54) is 0 Å². The molecule has 1 unspecified atom stereocenters. The highest BCUT2D eigenvalue weighted by molar-refractivity contribution is 5.35. The van der Waals surface area contributed by atoms with Crippen molar-refractivity contribution in [2.75, 3.05) is 6.67 Å². The van der Waals surface area contributed by atoms with Gasteiger partial charge in [-0.2, -0.15) is 0 Å². The third kappa shape index (κ3) is 2.25.